The minimum atomic E-state index is 0.852. The van der Waals surface area contributed by atoms with Crippen LogP contribution in [0.1, 0.15) is 12.5 Å². The molecule has 0 amide bonds. The van der Waals surface area contributed by atoms with Crippen LogP contribution in [-0.2, 0) is 6.54 Å². The maximum absolute atomic E-state index is 6.01. The lowest BCUT2D eigenvalue weighted by atomic mass is 10.1. The van der Waals surface area contributed by atoms with Gasteiger partial charge in [-0.05, 0) is 30.7 Å². The fraction of sp³-hybridized carbons (Fsp3) is 0.150. The zero-order valence-corrected chi connectivity index (χ0v) is 13.4. The van der Waals surface area contributed by atoms with Crippen LogP contribution in [0.3, 0.4) is 0 Å². The molecule has 23 heavy (non-hydrogen) atoms. The van der Waals surface area contributed by atoms with Crippen molar-refractivity contribution in [3.05, 3.63) is 72.2 Å². The highest BCUT2D eigenvalue weighted by atomic mass is 16.5. The van der Waals surface area contributed by atoms with E-state index in [0.29, 0.717) is 0 Å². The van der Waals surface area contributed by atoms with Crippen LogP contribution >= 0.6 is 0 Å². The first-order valence-corrected chi connectivity index (χ1v) is 7.91. The molecule has 0 aliphatic carbocycles. The maximum atomic E-state index is 6.01. The monoisotopic (exact) mass is 303 g/mol. The lowest BCUT2D eigenvalue weighted by Crippen LogP contribution is -2.32. The number of ether oxygens (including phenoxy) is 1. The highest BCUT2D eigenvalue weighted by Crippen LogP contribution is 2.38. The van der Waals surface area contributed by atoms with Crippen LogP contribution in [0.15, 0.2) is 66.7 Å². The molecule has 3 nitrogen and oxygen atoms in total. The molecule has 0 spiro atoms. The summed E-state index contributed by atoms with van der Waals surface area (Å²) >= 11 is 0. The summed E-state index contributed by atoms with van der Waals surface area (Å²) in [5, 5.41) is 1.23. The number of hydrogen-bond acceptors (Lipinski definition) is 2. The second kappa shape index (κ2) is 5.43. The van der Waals surface area contributed by atoms with E-state index in [9.17, 15) is 0 Å². The lowest BCUT2D eigenvalue weighted by molar-refractivity contribution is -0.667. The number of aryl methyl sites for hydroxylation is 1. The molecule has 0 atom stereocenters. The van der Waals surface area contributed by atoms with E-state index in [-0.39, 0.29) is 0 Å². The van der Waals surface area contributed by atoms with Crippen molar-refractivity contribution in [3.63, 3.8) is 0 Å². The molecule has 1 aromatic heterocycles. The zero-order chi connectivity index (χ0) is 15.8. The molecule has 0 saturated carbocycles. The molecule has 0 radical (unpaired) electrons. The van der Waals surface area contributed by atoms with Crippen LogP contribution in [0, 0.1) is 0 Å². The van der Waals surface area contributed by atoms with E-state index in [1.54, 1.807) is 0 Å². The average Bonchev–Trinajstić information content (AvgIpc) is 2.91. The van der Waals surface area contributed by atoms with Gasteiger partial charge in [-0.1, -0.05) is 24.3 Å². The van der Waals surface area contributed by atoms with Gasteiger partial charge in [0.1, 0.15) is 6.54 Å². The summed E-state index contributed by atoms with van der Waals surface area (Å²) in [7, 11) is 2.04. The molecule has 0 unspecified atom stereocenters. The molecule has 0 bridgehead atoms. The SMILES string of the molecule is CC[n+]1ccc(/C=C2\Oc3ccccc3N2C)c2ccccc21. The van der Waals surface area contributed by atoms with Crippen LogP contribution in [0.25, 0.3) is 17.0 Å². The quantitative estimate of drug-likeness (QED) is 0.666. The van der Waals surface area contributed by atoms with Crippen molar-refractivity contribution in [1.82, 2.24) is 0 Å². The highest BCUT2D eigenvalue weighted by Gasteiger charge is 2.22. The molecular weight excluding hydrogens is 284 g/mol. The Hall–Kier alpha value is -2.81. The molecule has 2 heterocycles. The molecule has 3 aromatic rings. The molecule has 0 N–H and O–H groups in total. The summed E-state index contributed by atoms with van der Waals surface area (Å²) in [6, 6.07) is 18.7. The Labute approximate surface area is 136 Å². The minimum absolute atomic E-state index is 0.852. The van der Waals surface area contributed by atoms with Crippen molar-refractivity contribution in [2.45, 2.75) is 13.5 Å². The highest BCUT2D eigenvalue weighted by molar-refractivity contribution is 5.86. The molecule has 0 fully saturated rings. The molecule has 2 aromatic carbocycles. The third kappa shape index (κ3) is 2.25. The number of fused-ring (bicyclic) bond motifs is 2. The van der Waals surface area contributed by atoms with Gasteiger partial charge in [0.05, 0.1) is 11.1 Å². The molecule has 0 saturated heterocycles. The number of para-hydroxylation sites is 3. The third-order valence-corrected chi connectivity index (χ3v) is 4.35. The number of rotatable bonds is 2. The summed E-state index contributed by atoms with van der Waals surface area (Å²) in [6.45, 7) is 3.12. The van der Waals surface area contributed by atoms with Crippen molar-refractivity contribution in [2.24, 2.45) is 0 Å². The number of anilines is 1. The smallest absolute Gasteiger partial charge is 0.213 e. The standard InChI is InChI=1S/C20H19N2O/c1-3-22-13-12-15(16-8-4-5-9-17(16)22)14-20-21(2)18-10-6-7-11-19(18)23-20/h4-14H,3H2,1-2H3/q+1. The van der Waals surface area contributed by atoms with E-state index in [1.807, 2.05) is 25.2 Å². The number of benzene rings is 2. The Balaban J connectivity index is 1.83. The minimum Gasteiger partial charge on any atom is -0.439 e. The average molecular weight is 303 g/mol. The van der Waals surface area contributed by atoms with Gasteiger partial charge in [-0.25, -0.2) is 0 Å². The number of aromatic nitrogens is 1. The van der Waals surface area contributed by atoms with Gasteiger partial charge in [0.25, 0.3) is 0 Å². The Kier molecular flexibility index (Phi) is 3.27. The van der Waals surface area contributed by atoms with Gasteiger partial charge in [-0.2, -0.15) is 4.57 Å². The first-order valence-electron chi connectivity index (χ1n) is 7.91. The summed E-state index contributed by atoms with van der Waals surface area (Å²) in [4.78, 5) is 2.09. The molecule has 1 aliphatic rings. The van der Waals surface area contributed by atoms with Crippen LogP contribution in [0.4, 0.5) is 5.69 Å². The second-order valence-corrected chi connectivity index (χ2v) is 5.69. The molecular formula is C20H19N2O+. The van der Waals surface area contributed by atoms with Gasteiger partial charge >= 0.3 is 0 Å². The zero-order valence-electron chi connectivity index (χ0n) is 13.4. The van der Waals surface area contributed by atoms with E-state index in [2.05, 4.69) is 65.1 Å². The van der Waals surface area contributed by atoms with Gasteiger partial charge in [-0.3, -0.25) is 0 Å². The topological polar surface area (TPSA) is 16.4 Å². The Morgan fingerprint density at radius 1 is 1.04 bits per heavy atom. The lowest BCUT2D eigenvalue weighted by Gasteiger charge is -2.11. The van der Waals surface area contributed by atoms with Crippen molar-refractivity contribution in [3.8, 4) is 5.75 Å². The van der Waals surface area contributed by atoms with E-state index in [4.69, 9.17) is 4.74 Å². The Morgan fingerprint density at radius 3 is 2.65 bits per heavy atom. The van der Waals surface area contributed by atoms with Gasteiger partial charge in [0.15, 0.2) is 11.9 Å². The molecule has 114 valence electrons. The summed E-state index contributed by atoms with van der Waals surface area (Å²) in [5.74, 6) is 1.76. The Morgan fingerprint density at radius 2 is 1.83 bits per heavy atom. The van der Waals surface area contributed by atoms with E-state index >= 15 is 0 Å². The van der Waals surface area contributed by atoms with Crippen LogP contribution in [-0.4, -0.2) is 7.05 Å². The first kappa shape index (κ1) is 13.8. The fourth-order valence-electron chi connectivity index (χ4n) is 3.09. The largest absolute Gasteiger partial charge is 0.439 e. The fourth-order valence-corrected chi connectivity index (χ4v) is 3.09. The summed E-state index contributed by atoms with van der Waals surface area (Å²) in [5.41, 5.74) is 3.50. The van der Waals surface area contributed by atoms with Gasteiger partial charge in [0, 0.05) is 25.3 Å². The van der Waals surface area contributed by atoms with Crippen LogP contribution in [0.5, 0.6) is 5.75 Å². The second-order valence-electron chi connectivity index (χ2n) is 5.69. The normalized spacial score (nSPS) is 15.0. The predicted molar refractivity (Wildman–Crippen MR) is 93.3 cm³/mol. The van der Waals surface area contributed by atoms with Crippen molar-refractivity contribution >= 4 is 22.7 Å². The van der Waals surface area contributed by atoms with E-state index in [0.717, 1.165) is 23.9 Å². The number of pyridine rings is 1. The number of hydrogen-bond donors (Lipinski definition) is 0. The maximum Gasteiger partial charge on any atom is 0.213 e. The van der Waals surface area contributed by atoms with Crippen molar-refractivity contribution in [2.75, 3.05) is 11.9 Å². The number of nitrogens with zero attached hydrogens (tertiary/aromatic N) is 2. The third-order valence-electron chi connectivity index (χ3n) is 4.35. The van der Waals surface area contributed by atoms with Crippen molar-refractivity contribution < 1.29 is 9.30 Å². The predicted octanol–water partition coefficient (Wildman–Crippen LogP) is 3.97. The molecule has 3 heteroatoms. The summed E-state index contributed by atoms with van der Waals surface area (Å²) in [6.07, 6.45) is 4.25. The Bertz CT molecular complexity index is 914. The molecule has 4 rings (SSSR count). The summed E-state index contributed by atoms with van der Waals surface area (Å²) < 4.78 is 8.26. The van der Waals surface area contributed by atoms with Crippen LogP contribution < -0.4 is 14.2 Å². The first-order chi connectivity index (χ1) is 11.3. The molecule has 1 aliphatic heterocycles. The van der Waals surface area contributed by atoms with Crippen LogP contribution in [0.2, 0.25) is 0 Å². The van der Waals surface area contributed by atoms with E-state index < -0.39 is 0 Å². The van der Waals surface area contributed by atoms with Crippen molar-refractivity contribution in [1.29, 1.82) is 0 Å². The van der Waals surface area contributed by atoms with E-state index in [1.165, 1.54) is 16.5 Å². The van der Waals surface area contributed by atoms with Gasteiger partial charge < -0.3 is 9.64 Å². The van der Waals surface area contributed by atoms with Gasteiger partial charge in [0.2, 0.25) is 11.4 Å². The van der Waals surface area contributed by atoms with Gasteiger partial charge in [-0.15, -0.1) is 0 Å².